The summed E-state index contributed by atoms with van der Waals surface area (Å²) in [7, 11) is 0. The lowest BCUT2D eigenvalue weighted by molar-refractivity contribution is -0.192. The highest BCUT2D eigenvalue weighted by atomic mass is 16.7. The van der Waals surface area contributed by atoms with Crippen LogP contribution in [0.15, 0.2) is 18.2 Å². The van der Waals surface area contributed by atoms with Crippen LogP contribution in [0.3, 0.4) is 0 Å². The third-order valence-electron chi connectivity index (χ3n) is 4.87. The van der Waals surface area contributed by atoms with Crippen LogP contribution < -0.4 is 16.0 Å². The first-order valence-corrected chi connectivity index (χ1v) is 8.43. The maximum absolute atomic E-state index is 12.4. The molecule has 4 rings (SSSR count). The second-order valence-corrected chi connectivity index (χ2v) is 6.45. The van der Waals surface area contributed by atoms with Crippen molar-refractivity contribution in [2.45, 2.75) is 37.5 Å². The molecular weight excluding hydrogens is 326 g/mol. The molecule has 2 fully saturated rings. The van der Waals surface area contributed by atoms with Gasteiger partial charge in [-0.25, -0.2) is 4.79 Å². The summed E-state index contributed by atoms with van der Waals surface area (Å²) in [6.07, 6.45) is 3.56. The maximum Gasteiger partial charge on any atom is 0.319 e. The van der Waals surface area contributed by atoms with Crippen molar-refractivity contribution < 1.29 is 23.9 Å². The molecule has 0 bridgehead atoms. The van der Waals surface area contributed by atoms with E-state index >= 15 is 0 Å². The zero-order valence-electron chi connectivity index (χ0n) is 13.6. The van der Waals surface area contributed by atoms with E-state index in [0.29, 0.717) is 24.5 Å². The highest BCUT2D eigenvalue weighted by Crippen LogP contribution is 2.36. The molecule has 1 aromatic rings. The van der Waals surface area contributed by atoms with E-state index in [2.05, 4.69) is 16.0 Å². The molecule has 3 aliphatic rings. The summed E-state index contributed by atoms with van der Waals surface area (Å²) in [4.78, 5) is 35.6. The van der Waals surface area contributed by atoms with Crippen LogP contribution in [0.2, 0.25) is 0 Å². The SMILES string of the molecule is O=C(Nc1ccc2c(c1)C(=O)NC2=O)NC1CCCCC12OCCO2. The van der Waals surface area contributed by atoms with E-state index in [1.807, 2.05) is 0 Å². The zero-order valence-corrected chi connectivity index (χ0v) is 13.6. The normalized spacial score (nSPS) is 24.1. The highest BCUT2D eigenvalue weighted by Gasteiger charge is 2.46. The molecule has 1 aliphatic carbocycles. The molecular formula is C17H19N3O5. The Labute approximate surface area is 144 Å². The zero-order chi connectivity index (χ0) is 17.4. The van der Waals surface area contributed by atoms with Gasteiger partial charge in [-0.1, -0.05) is 6.42 Å². The monoisotopic (exact) mass is 345 g/mol. The Morgan fingerprint density at radius 2 is 1.88 bits per heavy atom. The first kappa shape index (κ1) is 16.0. The van der Waals surface area contributed by atoms with Gasteiger partial charge in [0.15, 0.2) is 5.79 Å². The van der Waals surface area contributed by atoms with Gasteiger partial charge >= 0.3 is 6.03 Å². The van der Waals surface area contributed by atoms with Gasteiger partial charge in [0.25, 0.3) is 11.8 Å². The Morgan fingerprint density at radius 3 is 2.68 bits per heavy atom. The molecule has 1 unspecified atom stereocenters. The summed E-state index contributed by atoms with van der Waals surface area (Å²) in [6.45, 7) is 1.07. The topological polar surface area (TPSA) is 106 Å². The van der Waals surface area contributed by atoms with E-state index < -0.39 is 23.6 Å². The molecule has 1 saturated heterocycles. The fourth-order valence-electron chi connectivity index (χ4n) is 3.68. The third kappa shape index (κ3) is 2.87. The fourth-order valence-corrected chi connectivity index (χ4v) is 3.68. The number of ether oxygens (including phenoxy) is 2. The van der Waals surface area contributed by atoms with Crippen molar-refractivity contribution in [3.8, 4) is 0 Å². The van der Waals surface area contributed by atoms with Crippen LogP contribution in [0, 0.1) is 0 Å². The number of nitrogens with one attached hydrogen (secondary N) is 3. The summed E-state index contributed by atoms with van der Waals surface area (Å²) >= 11 is 0. The second-order valence-electron chi connectivity index (χ2n) is 6.45. The first-order valence-electron chi connectivity index (χ1n) is 8.43. The maximum atomic E-state index is 12.4. The largest absolute Gasteiger partial charge is 0.346 e. The molecule has 1 aromatic carbocycles. The standard InChI is InChI=1S/C17H19N3O5/c21-14-11-5-4-10(9-12(11)15(22)20-14)18-16(23)19-13-3-1-2-6-17(13)24-7-8-25-17/h4-5,9,13H,1-3,6-8H2,(H2,18,19,23)(H,20,21,22). The van der Waals surface area contributed by atoms with E-state index in [1.54, 1.807) is 6.07 Å². The molecule has 132 valence electrons. The van der Waals surface area contributed by atoms with Crippen LogP contribution in [0.25, 0.3) is 0 Å². The number of anilines is 1. The van der Waals surface area contributed by atoms with Gasteiger partial charge in [0.2, 0.25) is 0 Å². The van der Waals surface area contributed by atoms with Crippen molar-refractivity contribution in [3.63, 3.8) is 0 Å². The average molecular weight is 345 g/mol. The molecule has 1 atom stereocenters. The fraction of sp³-hybridized carbons (Fsp3) is 0.471. The van der Waals surface area contributed by atoms with E-state index in [0.717, 1.165) is 25.7 Å². The number of amides is 4. The lowest BCUT2D eigenvalue weighted by Crippen LogP contribution is -2.56. The Hall–Kier alpha value is -2.45. The van der Waals surface area contributed by atoms with Gasteiger partial charge in [-0.2, -0.15) is 0 Å². The summed E-state index contributed by atoms with van der Waals surface area (Å²) in [5, 5.41) is 7.85. The molecule has 1 saturated carbocycles. The minimum absolute atomic E-state index is 0.219. The van der Waals surface area contributed by atoms with Gasteiger partial charge in [0, 0.05) is 12.1 Å². The second kappa shape index (κ2) is 6.12. The predicted molar refractivity (Wildman–Crippen MR) is 87.3 cm³/mol. The first-order chi connectivity index (χ1) is 12.1. The molecule has 8 nitrogen and oxygen atoms in total. The Bertz CT molecular complexity index is 742. The molecule has 4 amide bonds. The van der Waals surface area contributed by atoms with Crippen LogP contribution >= 0.6 is 0 Å². The summed E-state index contributed by atoms with van der Waals surface area (Å²) in [5.41, 5.74) is 1.02. The van der Waals surface area contributed by atoms with Gasteiger partial charge in [-0.3, -0.25) is 14.9 Å². The number of carbonyl (C=O) groups excluding carboxylic acids is 3. The lowest BCUT2D eigenvalue weighted by atomic mass is 9.89. The number of benzene rings is 1. The molecule has 3 N–H and O–H groups in total. The van der Waals surface area contributed by atoms with Crippen LogP contribution in [-0.2, 0) is 9.47 Å². The lowest BCUT2D eigenvalue weighted by Gasteiger charge is -2.39. The molecule has 2 aliphatic heterocycles. The highest BCUT2D eigenvalue weighted by molar-refractivity contribution is 6.22. The average Bonchev–Trinajstić information content (AvgIpc) is 3.16. The number of hydrogen-bond donors (Lipinski definition) is 3. The third-order valence-corrected chi connectivity index (χ3v) is 4.87. The number of imide groups is 1. The van der Waals surface area contributed by atoms with E-state index in [4.69, 9.17) is 9.47 Å². The van der Waals surface area contributed by atoms with Crippen LogP contribution in [0.4, 0.5) is 10.5 Å². The minimum Gasteiger partial charge on any atom is -0.346 e. The number of fused-ring (bicyclic) bond motifs is 1. The van der Waals surface area contributed by atoms with Gasteiger partial charge in [-0.05, 0) is 31.0 Å². The van der Waals surface area contributed by atoms with Crippen molar-refractivity contribution in [3.05, 3.63) is 29.3 Å². The van der Waals surface area contributed by atoms with Crippen molar-refractivity contribution in [2.75, 3.05) is 18.5 Å². The smallest absolute Gasteiger partial charge is 0.319 e. The quantitative estimate of drug-likeness (QED) is 0.702. The Balaban J connectivity index is 1.45. The molecule has 2 heterocycles. The van der Waals surface area contributed by atoms with Gasteiger partial charge in [0.05, 0.1) is 30.4 Å². The van der Waals surface area contributed by atoms with E-state index in [-0.39, 0.29) is 11.6 Å². The van der Waals surface area contributed by atoms with Crippen LogP contribution in [0.1, 0.15) is 46.4 Å². The number of carbonyl (C=O) groups is 3. The van der Waals surface area contributed by atoms with Gasteiger partial charge in [0.1, 0.15) is 0 Å². The van der Waals surface area contributed by atoms with Gasteiger partial charge in [-0.15, -0.1) is 0 Å². The number of urea groups is 1. The van der Waals surface area contributed by atoms with Crippen molar-refractivity contribution in [2.24, 2.45) is 0 Å². The summed E-state index contributed by atoms with van der Waals surface area (Å²) < 4.78 is 11.6. The van der Waals surface area contributed by atoms with Crippen molar-refractivity contribution >= 4 is 23.5 Å². The van der Waals surface area contributed by atoms with E-state index in [1.165, 1.54) is 12.1 Å². The Kier molecular flexibility index (Phi) is 3.93. The predicted octanol–water partition coefficient (Wildman–Crippen LogP) is 1.38. The number of hydrogen-bond acceptors (Lipinski definition) is 5. The molecule has 0 radical (unpaired) electrons. The molecule has 1 spiro atoms. The molecule has 25 heavy (non-hydrogen) atoms. The van der Waals surface area contributed by atoms with Gasteiger partial charge < -0.3 is 20.1 Å². The molecule has 0 aromatic heterocycles. The van der Waals surface area contributed by atoms with Crippen LogP contribution in [-0.4, -0.2) is 42.9 Å². The summed E-state index contributed by atoms with van der Waals surface area (Å²) in [6, 6.07) is 4.00. The van der Waals surface area contributed by atoms with Crippen molar-refractivity contribution in [1.82, 2.24) is 10.6 Å². The van der Waals surface area contributed by atoms with Crippen LogP contribution in [0.5, 0.6) is 0 Å². The van der Waals surface area contributed by atoms with Crippen molar-refractivity contribution in [1.29, 1.82) is 0 Å². The van der Waals surface area contributed by atoms with E-state index in [9.17, 15) is 14.4 Å². The minimum atomic E-state index is -0.722. The Morgan fingerprint density at radius 1 is 1.12 bits per heavy atom. The number of rotatable bonds is 2. The summed E-state index contributed by atoms with van der Waals surface area (Å²) in [5.74, 6) is -1.60. The molecule has 8 heteroatoms.